The van der Waals surface area contributed by atoms with Crippen LogP contribution in [0, 0.1) is 17.1 Å². The third-order valence-corrected chi connectivity index (χ3v) is 5.95. The summed E-state index contributed by atoms with van der Waals surface area (Å²) in [5.74, 6) is -0.421. The lowest BCUT2D eigenvalue weighted by Gasteiger charge is -2.17. The Kier molecular flexibility index (Phi) is 4.99. The molecular formula is C24H22FN5O. The molecule has 1 N–H and O–H groups in total. The highest BCUT2D eigenvalue weighted by Gasteiger charge is 2.27. The number of hydrogen-bond donors (Lipinski definition) is 1. The Labute approximate surface area is 179 Å². The van der Waals surface area contributed by atoms with Gasteiger partial charge in [-0.3, -0.25) is 14.5 Å². The number of aromatic nitrogens is 3. The highest BCUT2D eigenvalue weighted by atomic mass is 19.1. The van der Waals surface area contributed by atoms with Crippen molar-refractivity contribution in [2.75, 3.05) is 0 Å². The monoisotopic (exact) mass is 415 g/mol. The summed E-state index contributed by atoms with van der Waals surface area (Å²) in [6.07, 6.45) is 6.93. The van der Waals surface area contributed by atoms with E-state index in [4.69, 9.17) is 10.4 Å². The summed E-state index contributed by atoms with van der Waals surface area (Å²) in [5.41, 5.74) is 4.24. The third-order valence-electron chi connectivity index (χ3n) is 5.95. The van der Waals surface area contributed by atoms with E-state index in [1.165, 1.54) is 18.9 Å². The molecule has 3 heterocycles. The second kappa shape index (κ2) is 7.95. The summed E-state index contributed by atoms with van der Waals surface area (Å²) in [6, 6.07) is 11.5. The second-order valence-corrected chi connectivity index (χ2v) is 8.28. The lowest BCUT2D eigenvalue weighted by molar-refractivity contribution is 0.0933. The average Bonchev–Trinajstić information content (AvgIpc) is 3.57. The fourth-order valence-electron chi connectivity index (χ4n) is 4.17. The van der Waals surface area contributed by atoms with Gasteiger partial charge in [-0.25, -0.2) is 4.39 Å². The van der Waals surface area contributed by atoms with Gasteiger partial charge in [0.05, 0.1) is 29.1 Å². The SMILES string of the molecule is N#Cc1cc(F)cc(C(=O)NC2CCCCn3nc(-c4ccnc(C5CC5)c4)cc32)c1. The predicted octanol–water partition coefficient (Wildman–Crippen LogP) is 4.49. The van der Waals surface area contributed by atoms with Gasteiger partial charge in [0.1, 0.15) is 5.82 Å². The number of nitrogens with zero attached hydrogens (tertiary/aromatic N) is 4. The number of carbonyl (C=O) groups excluding carboxylic acids is 1. The molecule has 0 radical (unpaired) electrons. The van der Waals surface area contributed by atoms with E-state index in [9.17, 15) is 9.18 Å². The molecule has 1 amide bonds. The van der Waals surface area contributed by atoms with E-state index in [0.717, 1.165) is 60.6 Å². The van der Waals surface area contributed by atoms with Crippen molar-refractivity contribution >= 4 is 5.91 Å². The van der Waals surface area contributed by atoms with E-state index in [2.05, 4.69) is 16.4 Å². The predicted molar refractivity (Wildman–Crippen MR) is 113 cm³/mol. The van der Waals surface area contributed by atoms with Gasteiger partial charge in [-0.15, -0.1) is 0 Å². The molecule has 1 aliphatic heterocycles. The number of amides is 1. The van der Waals surface area contributed by atoms with Crippen molar-refractivity contribution in [1.29, 1.82) is 5.26 Å². The maximum atomic E-state index is 13.8. The molecule has 1 unspecified atom stereocenters. The number of aryl methyl sites for hydroxylation is 1. The molecule has 6 nitrogen and oxygen atoms in total. The lowest BCUT2D eigenvalue weighted by Crippen LogP contribution is -2.29. The number of carbonyl (C=O) groups is 1. The minimum Gasteiger partial charge on any atom is -0.344 e. The number of fused-ring (bicyclic) bond motifs is 1. The van der Waals surface area contributed by atoms with Crippen LogP contribution < -0.4 is 5.32 Å². The number of hydrogen-bond acceptors (Lipinski definition) is 4. The number of pyridine rings is 1. The minimum absolute atomic E-state index is 0.127. The Morgan fingerprint density at radius 3 is 2.84 bits per heavy atom. The molecule has 1 atom stereocenters. The first kappa shape index (κ1) is 19.4. The average molecular weight is 415 g/mol. The number of benzene rings is 1. The van der Waals surface area contributed by atoms with Crippen molar-refractivity contribution in [3.8, 4) is 17.3 Å². The van der Waals surface area contributed by atoms with E-state index in [1.807, 2.05) is 29.1 Å². The molecule has 3 aromatic rings. The summed E-state index contributed by atoms with van der Waals surface area (Å²) in [5, 5.41) is 16.9. The Bertz CT molecular complexity index is 1190. The second-order valence-electron chi connectivity index (χ2n) is 8.28. The van der Waals surface area contributed by atoms with Gasteiger partial charge in [0.25, 0.3) is 5.91 Å². The van der Waals surface area contributed by atoms with Crippen molar-refractivity contribution in [2.45, 2.75) is 50.6 Å². The molecule has 0 saturated heterocycles. The maximum absolute atomic E-state index is 13.8. The van der Waals surface area contributed by atoms with Crippen LogP contribution in [0.15, 0.2) is 42.6 Å². The topological polar surface area (TPSA) is 83.6 Å². The van der Waals surface area contributed by atoms with Gasteiger partial charge >= 0.3 is 0 Å². The molecular weight excluding hydrogens is 393 g/mol. The molecule has 0 bridgehead atoms. The molecule has 0 spiro atoms. The van der Waals surface area contributed by atoms with E-state index >= 15 is 0 Å². The van der Waals surface area contributed by atoms with Crippen LogP contribution in [0.2, 0.25) is 0 Å². The summed E-state index contributed by atoms with van der Waals surface area (Å²) in [6.45, 7) is 0.792. The Morgan fingerprint density at radius 1 is 1.16 bits per heavy atom. The molecule has 156 valence electrons. The standard InChI is InChI=1S/C24H22FN5O/c25-19-10-15(14-26)9-18(11-19)24(31)28-20-3-1-2-8-30-23(20)13-22(29-30)17-6-7-27-21(12-17)16-4-5-16/h6-7,9-13,16,20H,1-5,8H2,(H,28,31). The van der Waals surface area contributed by atoms with Crippen LogP contribution in [-0.4, -0.2) is 20.7 Å². The first-order chi connectivity index (χ1) is 15.1. The van der Waals surface area contributed by atoms with Gasteiger partial charge in [0.15, 0.2) is 0 Å². The fourth-order valence-corrected chi connectivity index (χ4v) is 4.17. The number of nitrogens with one attached hydrogen (secondary N) is 1. The molecule has 1 saturated carbocycles. The van der Waals surface area contributed by atoms with Crippen molar-refractivity contribution in [3.05, 3.63) is 70.9 Å². The molecule has 7 heteroatoms. The van der Waals surface area contributed by atoms with Crippen LogP contribution in [0.1, 0.15) is 71.4 Å². The van der Waals surface area contributed by atoms with Crippen LogP contribution >= 0.6 is 0 Å². The van der Waals surface area contributed by atoms with Gasteiger partial charge < -0.3 is 5.32 Å². The van der Waals surface area contributed by atoms with Crippen molar-refractivity contribution in [1.82, 2.24) is 20.1 Å². The Hall–Kier alpha value is -3.53. The quantitative estimate of drug-likeness (QED) is 0.681. The van der Waals surface area contributed by atoms with Gasteiger partial charge in [-0.2, -0.15) is 10.4 Å². The van der Waals surface area contributed by atoms with E-state index in [1.54, 1.807) is 0 Å². The fraction of sp³-hybridized carbons (Fsp3) is 0.333. The number of rotatable bonds is 4. The van der Waals surface area contributed by atoms with Crippen LogP contribution in [0.5, 0.6) is 0 Å². The third kappa shape index (κ3) is 4.06. The van der Waals surface area contributed by atoms with E-state index in [-0.39, 0.29) is 17.2 Å². The first-order valence-corrected chi connectivity index (χ1v) is 10.7. The molecule has 5 rings (SSSR count). The first-order valence-electron chi connectivity index (χ1n) is 10.7. The molecule has 1 fully saturated rings. The molecule has 31 heavy (non-hydrogen) atoms. The molecule has 2 aliphatic rings. The molecule has 1 aliphatic carbocycles. The summed E-state index contributed by atoms with van der Waals surface area (Å²) >= 11 is 0. The van der Waals surface area contributed by atoms with Crippen LogP contribution in [-0.2, 0) is 6.54 Å². The highest BCUT2D eigenvalue weighted by Crippen LogP contribution is 2.40. The summed E-state index contributed by atoms with van der Waals surface area (Å²) < 4.78 is 15.8. The molecule has 1 aromatic carbocycles. The number of halogens is 1. The van der Waals surface area contributed by atoms with Crippen molar-refractivity contribution in [3.63, 3.8) is 0 Å². The van der Waals surface area contributed by atoms with Crippen LogP contribution in [0.3, 0.4) is 0 Å². The van der Waals surface area contributed by atoms with Gasteiger partial charge in [-0.1, -0.05) is 0 Å². The largest absolute Gasteiger partial charge is 0.344 e. The van der Waals surface area contributed by atoms with Crippen LogP contribution in [0.4, 0.5) is 4.39 Å². The van der Waals surface area contributed by atoms with Crippen molar-refractivity contribution < 1.29 is 9.18 Å². The normalized spacial score (nSPS) is 18.0. The van der Waals surface area contributed by atoms with Gasteiger partial charge in [0.2, 0.25) is 0 Å². The van der Waals surface area contributed by atoms with Crippen LogP contribution in [0.25, 0.3) is 11.3 Å². The zero-order valence-corrected chi connectivity index (χ0v) is 17.0. The summed E-state index contributed by atoms with van der Waals surface area (Å²) in [4.78, 5) is 17.3. The van der Waals surface area contributed by atoms with E-state index < -0.39 is 11.7 Å². The maximum Gasteiger partial charge on any atom is 0.251 e. The van der Waals surface area contributed by atoms with E-state index in [0.29, 0.717) is 5.92 Å². The van der Waals surface area contributed by atoms with Gasteiger partial charge in [-0.05, 0) is 68.5 Å². The lowest BCUT2D eigenvalue weighted by atomic mass is 10.0. The Morgan fingerprint density at radius 2 is 2.03 bits per heavy atom. The summed E-state index contributed by atoms with van der Waals surface area (Å²) in [7, 11) is 0. The minimum atomic E-state index is -0.596. The highest BCUT2D eigenvalue weighted by molar-refractivity contribution is 5.94. The van der Waals surface area contributed by atoms with Crippen molar-refractivity contribution in [2.24, 2.45) is 0 Å². The smallest absolute Gasteiger partial charge is 0.251 e. The Balaban J connectivity index is 1.43. The van der Waals surface area contributed by atoms with Gasteiger partial charge in [0, 0.05) is 35.5 Å². The zero-order chi connectivity index (χ0) is 21.4. The molecule has 2 aromatic heterocycles. The number of nitriles is 1. The zero-order valence-electron chi connectivity index (χ0n) is 17.0.